The number of halogens is 1. The summed E-state index contributed by atoms with van der Waals surface area (Å²) in [5.74, 6) is -0.404. The van der Waals surface area contributed by atoms with Crippen molar-refractivity contribution in [2.24, 2.45) is 0 Å². The average molecular weight is 445 g/mol. The third-order valence-electron chi connectivity index (χ3n) is 4.78. The van der Waals surface area contributed by atoms with E-state index in [1.165, 1.54) is 0 Å². The molecule has 3 rings (SSSR count). The third kappa shape index (κ3) is 5.46. The standard InChI is InChI=1S/C22H25ClN4O4/c1-3-11-26-18-6-4-5-7-19(18)27(22(26)30)12-10-20(28)24-25-21(29)14-31-16-8-9-17(23)15(2)13-16/h4-9,13H,3,10-12,14H2,1-2H3,(H,24,28)(H,25,29). The molecule has 8 nitrogen and oxygen atoms in total. The Balaban J connectivity index is 1.51. The largest absolute Gasteiger partial charge is 0.484 e. The lowest BCUT2D eigenvalue weighted by atomic mass is 10.2. The molecule has 31 heavy (non-hydrogen) atoms. The molecule has 0 saturated carbocycles. The first-order valence-corrected chi connectivity index (χ1v) is 10.4. The summed E-state index contributed by atoms with van der Waals surface area (Å²) in [6, 6.07) is 12.6. The lowest BCUT2D eigenvalue weighted by molar-refractivity contribution is -0.130. The van der Waals surface area contributed by atoms with Gasteiger partial charge in [0.1, 0.15) is 5.75 Å². The van der Waals surface area contributed by atoms with E-state index in [2.05, 4.69) is 10.9 Å². The van der Waals surface area contributed by atoms with Crippen molar-refractivity contribution in [3.8, 4) is 5.75 Å². The van der Waals surface area contributed by atoms with Crippen LogP contribution in [0.2, 0.25) is 5.02 Å². The number of hydrazine groups is 1. The van der Waals surface area contributed by atoms with Gasteiger partial charge in [-0.25, -0.2) is 4.79 Å². The summed E-state index contributed by atoms with van der Waals surface area (Å²) in [6.45, 7) is 4.40. The first-order chi connectivity index (χ1) is 14.9. The molecular weight excluding hydrogens is 420 g/mol. The number of aryl methyl sites for hydroxylation is 3. The number of carbonyl (C=O) groups is 2. The second kappa shape index (κ2) is 10.2. The van der Waals surface area contributed by atoms with Crippen molar-refractivity contribution in [1.82, 2.24) is 20.0 Å². The summed E-state index contributed by atoms with van der Waals surface area (Å²) < 4.78 is 8.68. The third-order valence-corrected chi connectivity index (χ3v) is 5.20. The van der Waals surface area contributed by atoms with Crippen LogP contribution in [0.4, 0.5) is 0 Å². The van der Waals surface area contributed by atoms with Crippen LogP contribution in [-0.4, -0.2) is 27.6 Å². The van der Waals surface area contributed by atoms with Crippen molar-refractivity contribution in [3.63, 3.8) is 0 Å². The summed E-state index contributed by atoms with van der Waals surface area (Å²) in [5, 5.41) is 0.612. The van der Waals surface area contributed by atoms with E-state index in [1.807, 2.05) is 38.1 Å². The first-order valence-electron chi connectivity index (χ1n) is 10.1. The van der Waals surface area contributed by atoms with Crippen LogP contribution in [0.3, 0.4) is 0 Å². The Bertz CT molecular complexity index is 1150. The van der Waals surface area contributed by atoms with Crippen molar-refractivity contribution in [3.05, 3.63) is 63.5 Å². The maximum atomic E-state index is 12.7. The Morgan fingerprint density at radius 3 is 2.29 bits per heavy atom. The Morgan fingerprint density at radius 1 is 1.00 bits per heavy atom. The first kappa shape index (κ1) is 22.4. The molecule has 0 atom stereocenters. The smallest absolute Gasteiger partial charge is 0.329 e. The van der Waals surface area contributed by atoms with Gasteiger partial charge in [-0.05, 0) is 49.2 Å². The Morgan fingerprint density at radius 2 is 1.65 bits per heavy atom. The fourth-order valence-electron chi connectivity index (χ4n) is 3.24. The van der Waals surface area contributed by atoms with E-state index in [0.717, 1.165) is 23.0 Å². The minimum absolute atomic E-state index is 0.0392. The van der Waals surface area contributed by atoms with E-state index in [0.29, 0.717) is 17.3 Å². The molecule has 0 bridgehead atoms. The van der Waals surface area contributed by atoms with Crippen molar-refractivity contribution >= 4 is 34.4 Å². The van der Waals surface area contributed by atoms with Crippen LogP contribution in [0, 0.1) is 6.92 Å². The molecular formula is C22H25ClN4O4. The predicted molar refractivity (Wildman–Crippen MR) is 119 cm³/mol. The highest BCUT2D eigenvalue weighted by Gasteiger charge is 2.13. The number of imidazole rings is 1. The molecule has 9 heteroatoms. The van der Waals surface area contributed by atoms with Crippen LogP contribution in [0.15, 0.2) is 47.3 Å². The number of ether oxygens (including phenoxy) is 1. The van der Waals surface area contributed by atoms with E-state index in [-0.39, 0.29) is 25.3 Å². The van der Waals surface area contributed by atoms with E-state index < -0.39 is 11.8 Å². The van der Waals surface area contributed by atoms with Gasteiger partial charge in [0, 0.05) is 24.5 Å². The van der Waals surface area contributed by atoms with Crippen LogP contribution < -0.4 is 21.3 Å². The second-order valence-electron chi connectivity index (χ2n) is 7.12. The SMILES string of the molecule is CCCn1c(=O)n(CCC(=O)NNC(=O)COc2ccc(Cl)c(C)c2)c2ccccc21. The van der Waals surface area contributed by atoms with Gasteiger partial charge in [0.05, 0.1) is 11.0 Å². The number of fused-ring (bicyclic) bond motifs is 1. The molecule has 0 aliphatic heterocycles. The maximum Gasteiger partial charge on any atom is 0.329 e. The van der Waals surface area contributed by atoms with Gasteiger partial charge in [0.25, 0.3) is 5.91 Å². The molecule has 1 heterocycles. The van der Waals surface area contributed by atoms with Crippen molar-refractivity contribution in [1.29, 1.82) is 0 Å². The summed E-state index contributed by atoms with van der Waals surface area (Å²) in [4.78, 5) is 36.8. The second-order valence-corrected chi connectivity index (χ2v) is 7.53. The molecule has 3 aromatic rings. The number of hydrogen-bond donors (Lipinski definition) is 2. The van der Waals surface area contributed by atoms with Crippen molar-refractivity contribution in [2.45, 2.75) is 39.8 Å². The van der Waals surface area contributed by atoms with E-state index in [9.17, 15) is 14.4 Å². The number of carbonyl (C=O) groups excluding carboxylic acids is 2. The van der Waals surface area contributed by atoms with Crippen molar-refractivity contribution < 1.29 is 14.3 Å². The van der Waals surface area contributed by atoms with E-state index in [1.54, 1.807) is 27.3 Å². The lowest BCUT2D eigenvalue weighted by Gasteiger charge is -2.10. The molecule has 0 spiro atoms. The summed E-state index contributed by atoms with van der Waals surface area (Å²) in [7, 11) is 0. The van der Waals surface area contributed by atoms with Crippen LogP contribution in [0.25, 0.3) is 11.0 Å². The number of aromatic nitrogens is 2. The van der Waals surface area contributed by atoms with E-state index >= 15 is 0 Å². The van der Waals surface area contributed by atoms with Gasteiger partial charge in [0.15, 0.2) is 6.61 Å². The van der Waals surface area contributed by atoms with Gasteiger partial charge in [-0.3, -0.25) is 29.6 Å². The van der Waals surface area contributed by atoms with Gasteiger partial charge in [-0.15, -0.1) is 0 Å². The number of amides is 2. The summed E-state index contributed by atoms with van der Waals surface area (Å²) in [6.07, 6.45) is 0.871. The van der Waals surface area contributed by atoms with Crippen LogP contribution in [-0.2, 0) is 22.7 Å². The normalized spacial score (nSPS) is 10.8. The minimum atomic E-state index is -0.502. The number of nitrogens with zero attached hydrogens (tertiary/aromatic N) is 2. The van der Waals surface area contributed by atoms with Gasteiger partial charge < -0.3 is 4.74 Å². The number of nitrogens with one attached hydrogen (secondary N) is 2. The fourth-order valence-corrected chi connectivity index (χ4v) is 3.35. The van der Waals surface area contributed by atoms with Crippen molar-refractivity contribution in [2.75, 3.05) is 6.61 Å². The highest BCUT2D eigenvalue weighted by molar-refractivity contribution is 6.31. The lowest BCUT2D eigenvalue weighted by Crippen LogP contribution is -2.44. The molecule has 0 saturated heterocycles. The fraction of sp³-hybridized carbons (Fsp3) is 0.318. The molecule has 164 valence electrons. The van der Waals surface area contributed by atoms with Gasteiger partial charge >= 0.3 is 5.69 Å². The zero-order valence-electron chi connectivity index (χ0n) is 17.5. The van der Waals surface area contributed by atoms with Gasteiger partial charge in [0.2, 0.25) is 5.91 Å². The minimum Gasteiger partial charge on any atom is -0.484 e. The molecule has 0 aliphatic carbocycles. The predicted octanol–water partition coefficient (Wildman–Crippen LogP) is 2.79. The summed E-state index contributed by atoms with van der Waals surface area (Å²) in [5.41, 5.74) is 6.97. The Hall–Kier alpha value is -3.26. The maximum absolute atomic E-state index is 12.7. The molecule has 2 N–H and O–H groups in total. The number of para-hydroxylation sites is 2. The quantitative estimate of drug-likeness (QED) is 0.522. The zero-order valence-corrected chi connectivity index (χ0v) is 18.2. The highest BCUT2D eigenvalue weighted by atomic mass is 35.5. The Labute approximate surface area is 184 Å². The highest BCUT2D eigenvalue weighted by Crippen LogP contribution is 2.20. The van der Waals surface area contributed by atoms with Crippen LogP contribution in [0.5, 0.6) is 5.75 Å². The van der Waals surface area contributed by atoms with E-state index in [4.69, 9.17) is 16.3 Å². The Kier molecular flexibility index (Phi) is 7.36. The van der Waals surface area contributed by atoms with Gasteiger partial charge in [-0.1, -0.05) is 30.7 Å². The number of hydrogen-bond acceptors (Lipinski definition) is 4. The van der Waals surface area contributed by atoms with Crippen LogP contribution in [0.1, 0.15) is 25.3 Å². The van der Waals surface area contributed by atoms with Crippen LogP contribution >= 0.6 is 11.6 Å². The zero-order chi connectivity index (χ0) is 22.4. The molecule has 2 aromatic carbocycles. The summed E-state index contributed by atoms with van der Waals surface area (Å²) >= 11 is 5.96. The average Bonchev–Trinajstić information content (AvgIpc) is 3.03. The molecule has 0 unspecified atom stereocenters. The molecule has 0 aliphatic rings. The topological polar surface area (TPSA) is 94.4 Å². The monoisotopic (exact) mass is 444 g/mol. The van der Waals surface area contributed by atoms with Gasteiger partial charge in [-0.2, -0.15) is 0 Å². The molecule has 0 radical (unpaired) electrons. The number of benzene rings is 2. The molecule has 0 fully saturated rings. The molecule has 1 aromatic heterocycles. The number of rotatable bonds is 8. The molecule has 2 amide bonds.